The predicted molar refractivity (Wildman–Crippen MR) is 81.8 cm³/mol. The number of esters is 1. The Morgan fingerprint density at radius 1 is 1.39 bits per heavy atom. The van der Waals surface area contributed by atoms with Crippen molar-refractivity contribution in [1.82, 2.24) is 10.6 Å². The molecule has 2 amide bonds. The van der Waals surface area contributed by atoms with Crippen LogP contribution >= 0.6 is 0 Å². The van der Waals surface area contributed by atoms with E-state index in [2.05, 4.69) is 10.6 Å². The van der Waals surface area contributed by atoms with Crippen LogP contribution in [0.1, 0.15) is 18.4 Å². The summed E-state index contributed by atoms with van der Waals surface area (Å²) in [6.45, 7) is 0. The highest BCUT2D eigenvalue weighted by Gasteiger charge is 2.30. The van der Waals surface area contributed by atoms with E-state index in [-0.39, 0.29) is 18.2 Å². The number of hydrogen-bond acceptors (Lipinski definition) is 5. The molecule has 0 aliphatic carbocycles. The molecule has 2 rings (SSSR count). The molecule has 0 saturated carbocycles. The Morgan fingerprint density at radius 2 is 2.17 bits per heavy atom. The number of benzene rings is 1. The average molecular weight is 320 g/mol. The van der Waals surface area contributed by atoms with E-state index < -0.39 is 18.1 Å². The van der Waals surface area contributed by atoms with Crippen LogP contribution in [0.5, 0.6) is 5.75 Å². The Morgan fingerprint density at radius 3 is 2.78 bits per heavy atom. The number of amides is 2. The topological polar surface area (TPSA) is 93.7 Å². The standard InChI is InChI=1S/C16H20N2O5/c1-22-11-5-3-4-10(8-11)9-13(16(21)23-2)18-15(20)12-6-7-14(19)17-12/h3-5,8,12-13H,6-7,9H2,1-2H3,(H,17,19)(H,18,20)/t12-,13-/m0/s1. The Labute approximate surface area is 134 Å². The molecular weight excluding hydrogens is 300 g/mol. The van der Waals surface area contributed by atoms with Crippen molar-refractivity contribution in [3.63, 3.8) is 0 Å². The molecule has 1 aliphatic rings. The summed E-state index contributed by atoms with van der Waals surface area (Å²) in [5, 5.41) is 5.22. The minimum Gasteiger partial charge on any atom is -0.497 e. The van der Waals surface area contributed by atoms with Crippen LogP contribution in [0.15, 0.2) is 24.3 Å². The summed E-state index contributed by atoms with van der Waals surface area (Å²) in [5.41, 5.74) is 0.829. The number of methoxy groups -OCH3 is 2. The summed E-state index contributed by atoms with van der Waals surface area (Å²) in [6.07, 6.45) is 1.02. The fourth-order valence-corrected chi connectivity index (χ4v) is 2.45. The van der Waals surface area contributed by atoms with Gasteiger partial charge in [-0.15, -0.1) is 0 Å². The molecule has 0 aromatic heterocycles. The van der Waals surface area contributed by atoms with Crippen LogP contribution in [0.25, 0.3) is 0 Å². The van der Waals surface area contributed by atoms with Gasteiger partial charge in [0, 0.05) is 12.8 Å². The highest BCUT2D eigenvalue weighted by Crippen LogP contribution is 2.15. The molecule has 1 aromatic carbocycles. The maximum absolute atomic E-state index is 12.2. The van der Waals surface area contributed by atoms with E-state index >= 15 is 0 Å². The van der Waals surface area contributed by atoms with E-state index in [1.807, 2.05) is 12.1 Å². The maximum atomic E-state index is 12.2. The molecule has 124 valence electrons. The van der Waals surface area contributed by atoms with Crippen LogP contribution in [0.4, 0.5) is 0 Å². The second-order valence-corrected chi connectivity index (χ2v) is 5.30. The lowest BCUT2D eigenvalue weighted by atomic mass is 10.0. The highest BCUT2D eigenvalue weighted by molar-refractivity contribution is 5.93. The minimum absolute atomic E-state index is 0.160. The number of carbonyl (C=O) groups is 3. The van der Waals surface area contributed by atoms with Gasteiger partial charge in [0.15, 0.2) is 0 Å². The van der Waals surface area contributed by atoms with Crippen LogP contribution in [0.3, 0.4) is 0 Å². The summed E-state index contributed by atoms with van der Waals surface area (Å²) in [6, 6.07) is 5.81. The van der Waals surface area contributed by atoms with E-state index in [1.54, 1.807) is 19.2 Å². The number of rotatable bonds is 6. The smallest absolute Gasteiger partial charge is 0.328 e. The van der Waals surface area contributed by atoms with Gasteiger partial charge in [0.2, 0.25) is 11.8 Å². The molecule has 7 heteroatoms. The fraction of sp³-hybridized carbons (Fsp3) is 0.438. The first-order valence-corrected chi connectivity index (χ1v) is 7.34. The highest BCUT2D eigenvalue weighted by atomic mass is 16.5. The molecule has 0 bridgehead atoms. The van der Waals surface area contributed by atoms with Crippen molar-refractivity contribution < 1.29 is 23.9 Å². The molecule has 0 spiro atoms. The van der Waals surface area contributed by atoms with Gasteiger partial charge in [-0.3, -0.25) is 9.59 Å². The van der Waals surface area contributed by atoms with E-state index in [9.17, 15) is 14.4 Å². The minimum atomic E-state index is -0.822. The molecule has 0 radical (unpaired) electrons. The zero-order valence-electron chi connectivity index (χ0n) is 13.1. The van der Waals surface area contributed by atoms with Crippen molar-refractivity contribution in [3.8, 4) is 5.75 Å². The second-order valence-electron chi connectivity index (χ2n) is 5.30. The fourth-order valence-electron chi connectivity index (χ4n) is 2.45. The zero-order chi connectivity index (χ0) is 16.8. The van der Waals surface area contributed by atoms with Gasteiger partial charge in [-0.1, -0.05) is 12.1 Å². The van der Waals surface area contributed by atoms with E-state index in [0.29, 0.717) is 18.6 Å². The van der Waals surface area contributed by atoms with E-state index in [1.165, 1.54) is 7.11 Å². The van der Waals surface area contributed by atoms with Gasteiger partial charge < -0.3 is 20.1 Å². The first-order chi connectivity index (χ1) is 11.0. The molecule has 2 atom stereocenters. The quantitative estimate of drug-likeness (QED) is 0.729. The average Bonchev–Trinajstić information content (AvgIpc) is 3.00. The van der Waals surface area contributed by atoms with Crippen molar-refractivity contribution in [1.29, 1.82) is 0 Å². The van der Waals surface area contributed by atoms with E-state index in [0.717, 1.165) is 5.56 Å². The third kappa shape index (κ3) is 4.45. The Balaban J connectivity index is 2.06. The third-order valence-electron chi connectivity index (χ3n) is 3.69. The van der Waals surface area contributed by atoms with Gasteiger partial charge in [-0.25, -0.2) is 4.79 Å². The Hall–Kier alpha value is -2.57. The van der Waals surface area contributed by atoms with E-state index in [4.69, 9.17) is 9.47 Å². The van der Waals surface area contributed by atoms with Crippen LogP contribution < -0.4 is 15.4 Å². The van der Waals surface area contributed by atoms with Crippen molar-refractivity contribution in [2.75, 3.05) is 14.2 Å². The molecule has 7 nitrogen and oxygen atoms in total. The van der Waals surface area contributed by atoms with Gasteiger partial charge in [-0.05, 0) is 24.1 Å². The Kier molecular flexibility index (Phi) is 5.56. The predicted octanol–water partition coefficient (Wildman–Crippen LogP) is 0.174. The monoisotopic (exact) mass is 320 g/mol. The molecule has 1 saturated heterocycles. The molecular formula is C16H20N2O5. The molecule has 23 heavy (non-hydrogen) atoms. The van der Waals surface area contributed by atoms with Crippen molar-refractivity contribution in [3.05, 3.63) is 29.8 Å². The molecule has 1 aromatic rings. The molecule has 1 aliphatic heterocycles. The number of ether oxygens (including phenoxy) is 2. The van der Waals surface area contributed by atoms with Gasteiger partial charge in [0.1, 0.15) is 17.8 Å². The first kappa shape index (κ1) is 16.8. The number of nitrogens with one attached hydrogen (secondary N) is 2. The third-order valence-corrected chi connectivity index (χ3v) is 3.69. The summed E-state index contributed by atoms with van der Waals surface area (Å²) in [5.74, 6) is -0.410. The second kappa shape index (κ2) is 7.62. The zero-order valence-corrected chi connectivity index (χ0v) is 13.1. The van der Waals surface area contributed by atoms with Crippen LogP contribution in [-0.4, -0.2) is 44.1 Å². The SMILES string of the molecule is COC(=O)[C@H](Cc1cccc(OC)c1)NC(=O)[C@@H]1CCC(=O)N1. The normalized spacial score (nSPS) is 18.0. The van der Waals surface area contributed by atoms with Gasteiger partial charge in [-0.2, -0.15) is 0 Å². The molecule has 1 heterocycles. The molecule has 2 N–H and O–H groups in total. The van der Waals surface area contributed by atoms with Gasteiger partial charge >= 0.3 is 5.97 Å². The Bertz CT molecular complexity index is 602. The summed E-state index contributed by atoms with van der Waals surface area (Å²) in [4.78, 5) is 35.3. The van der Waals surface area contributed by atoms with Crippen LogP contribution in [0, 0.1) is 0 Å². The number of hydrogen-bond donors (Lipinski definition) is 2. The van der Waals surface area contributed by atoms with Gasteiger partial charge in [0.05, 0.1) is 14.2 Å². The summed E-state index contributed by atoms with van der Waals surface area (Å²) >= 11 is 0. The largest absolute Gasteiger partial charge is 0.497 e. The lowest BCUT2D eigenvalue weighted by Crippen LogP contribution is -2.49. The molecule has 0 unspecified atom stereocenters. The first-order valence-electron chi connectivity index (χ1n) is 7.34. The van der Waals surface area contributed by atoms with Crippen molar-refractivity contribution >= 4 is 17.8 Å². The number of carbonyl (C=O) groups excluding carboxylic acids is 3. The van der Waals surface area contributed by atoms with Crippen LogP contribution in [-0.2, 0) is 25.5 Å². The maximum Gasteiger partial charge on any atom is 0.328 e. The van der Waals surface area contributed by atoms with Crippen LogP contribution in [0.2, 0.25) is 0 Å². The summed E-state index contributed by atoms with van der Waals surface area (Å²) < 4.78 is 9.90. The van der Waals surface area contributed by atoms with Crippen molar-refractivity contribution in [2.24, 2.45) is 0 Å². The lowest BCUT2D eigenvalue weighted by molar-refractivity contribution is -0.145. The van der Waals surface area contributed by atoms with Gasteiger partial charge in [0.25, 0.3) is 0 Å². The van der Waals surface area contributed by atoms with Crippen molar-refractivity contribution in [2.45, 2.75) is 31.3 Å². The lowest BCUT2D eigenvalue weighted by Gasteiger charge is -2.19. The summed E-state index contributed by atoms with van der Waals surface area (Å²) in [7, 11) is 2.83. The molecule has 1 fully saturated rings.